The summed E-state index contributed by atoms with van der Waals surface area (Å²) in [7, 11) is 3.19. The van der Waals surface area contributed by atoms with Crippen molar-refractivity contribution in [1.29, 1.82) is 5.26 Å². The fraction of sp³-hybridized carbons (Fsp3) is 0.900. The van der Waals surface area contributed by atoms with Crippen molar-refractivity contribution in [2.24, 2.45) is 0 Å². The van der Waals surface area contributed by atoms with Gasteiger partial charge >= 0.3 is 0 Å². The fourth-order valence-corrected chi connectivity index (χ4v) is 1.27. The molecule has 15 heavy (non-hydrogen) atoms. The van der Waals surface area contributed by atoms with Crippen LogP contribution in [0.15, 0.2) is 0 Å². The lowest BCUT2D eigenvalue weighted by atomic mass is 10.3. The maximum atomic E-state index is 9.53. The van der Waals surface area contributed by atoms with Crippen LogP contribution >= 0.6 is 0 Å². The minimum atomic E-state index is -0.509. The molecule has 0 fully saturated rings. The van der Waals surface area contributed by atoms with Crippen LogP contribution in [-0.2, 0) is 9.47 Å². The zero-order valence-electron chi connectivity index (χ0n) is 9.48. The van der Waals surface area contributed by atoms with Crippen LogP contribution in [0.5, 0.6) is 0 Å². The molecule has 0 aromatic carbocycles. The number of hydrogen-bond acceptors (Lipinski definition) is 5. The number of nitrogens with zero attached hydrogens (tertiary/aromatic N) is 2. The number of hydrogen-bond donors (Lipinski definition) is 1. The minimum Gasteiger partial charge on any atom is -0.389 e. The Morgan fingerprint density at radius 1 is 1.33 bits per heavy atom. The van der Waals surface area contributed by atoms with Crippen molar-refractivity contribution in [2.45, 2.75) is 12.5 Å². The van der Waals surface area contributed by atoms with Gasteiger partial charge in [0.15, 0.2) is 0 Å². The molecule has 88 valence electrons. The van der Waals surface area contributed by atoms with E-state index in [-0.39, 0.29) is 0 Å². The van der Waals surface area contributed by atoms with Gasteiger partial charge in [0.2, 0.25) is 0 Å². The highest BCUT2D eigenvalue weighted by molar-refractivity contribution is 4.73. The molecule has 5 heteroatoms. The van der Waals surface area contributed by atoms with Crippen molar-refractivity contribution >= 4 is 0 Å². The number of nitriles is 1. The Labute approximate surface area is 91.2 Å². The summed E-state index contributed by atoms with van der Waals surface area (Å²) < 4.78 is 9.80. The summed E-state index contributed by atoms with van der Waals surface area (Å²) in [6, 6.07) is 2.08. The Kier molecular flexibility index (Phi) is 9.43. The first-order chi connectivity index (χ1) is 7.24. The number of rotatable bonds is 9. The second-order valence-electron chi connectivity index (χ2n) is 3.31. The van der Waals surface area contributed by atoms with E-state index in [1.165, 1.54) is 0 Å². The first-order valence-corrected chi connectivity index (χ1v) is 4.99. The summed E-state index contributed by atoms with van der Waals surface area (Å²) in [5.41, 5.74) is 0. The van der Waals surface area contributed by atoms with Crippen molar-refractivity contribution in [2.75, 3.05) is 47.1 Å². The predicted molar refractivity (Wildman–Crippen MR) is 56.4 cm³/mol. The van der Waals surface area contributed by atoms with Gasteiger partial charge in [-0.1, -0.05) is 0 Å². The molecule has 0 rings (SSSR count). The molecule has 0 saturated heterocycles. The second kappa shape index (κ2) is 9.87. The highest BCUT2D eigenvalue weighted by atomic mass is 16.5. The van der Waals surface area contributed by atoms with Crippen LogP contribution in [-0.4, -0.2) is 63.2 Å². The van der Waals surface area contributed by atoms with E-state index in [0.29, 0.717) is 32.7 Å². The third-order valence-corrected chi connectivity index (χ3v) is 1.98. The van der Waals surface area contributed by atoms with Gasteiger partial charge in [0.05, 0.1) is 25.4 Å². The molecule has 1 atom stereocenters. The summed E-state index contributed by atoms with van der Waals surface area (Å²) in [6.45, 7) is 2.81. The molecule has 0 radical (unpaired) electrons. The van der Waals surface area contributed by atoms with Gasteiger partial charge in [-0.05, 0) is 0 Å². The average Bonchev–Trinajstić information content (AvgIpc) is 2.22. The molecule has 0 aliphatic rings. The average molecular weight is 216 g/mol. The van der Waals surface area contributed by atoms with Gasteiger partial charge in [0.1, 0.15) is 0 Å². The molecule has 0 aromatic heterocycles. The van der Waals surface area contributed by atoms with Crippen molar-refractivity contribution in [1.82, 2.24) is 4.90 Å². The van der Waals surface area contributed by atoms with E-state index in [0.717, 1.165) is 6.54 Å². The Morgan fingerprint density at radius 2 is 2.07 bits per heavy atom. The van der Waals surface area contributed by atoms with Crippen LogP contribution in [0.2, 0.25) is 0 Å². The smallest absolute Gasteiger partial charge is 0.0900 e. The van der Waals surface area contributed by atoms with Gasteiger partial charge in [-0.3, -0.25) is 4.90 Å². The molecule has 0 spiro atoms. The van der Waals surface area contributed by atoms with Crippen molar-refractivity contribution < 1.29 is 14.6 Å². The molecule has 0 heterocycles. The SMILES string of the molecule is COCCN(CCC#N)CC(O)COC. The van der Waals surface area contributed by atoms with Crippen LogP contribution in [0.25, 0.3) is 0 Å². The van der Waals surface area contributed by atoms with Crippen molar-refractivity contribution in [3.63, 3.8) is 0 Å². The molecule has 0 bridgehead atoms. The van der Waals surface area contributed by atoms with Crippen molar-refractivity contribution in [3.05, 3.63) is 0 Å². The molecule has 5 nitrogen and oxygen atoms in total. The van der Waals surface area contributed by atoms with Gasteiger partial charge in [0, 0.05) is 40.3 Å². The Morgan fingerprint density at radius 3 is 2.60 bits per heavy atom. The molecular formula is C10H20N2O3. The van der Waals surface area contributed by atoms with E-state index in [9.17, 15) is 5.11 Å². The fourth-order valence-electron chi connectivity index (χ4n) is 1.27. The number of methoxy groups -OCH3 is 2. The first-order valence-electron chi connectivity index (χ1n) is 4.99. The van der Waals surface area contributed by atoms with Crippen molar-refractivity contribution in [3.8, 4) is 6.07 Å². The van der Waals surface area contributed by atoms with E-state index in [1.807, 2.05) is 4.90 Å². The Hall–Kier alpha value is -0.670. The third-order valence-electron chi connectivity index (χ3n) is 1.98. The first kappa shape index (κ1) is 14.3. The quantitative estimate of drug-likeness (QED) is 0.581. The van der Waals surface area contributed by atoms with E-state index in [1.54, 1.807) is 14.2 Å². The van der Waals surface area contributed by atoms with Crippen LogP contribution in [0, 0.1) is 11.3 Å². The van der Waals surface area contributed by atoms with E-state index >= 15 is 0 Å². The Balaban J connectivity index is 3.82. The predicted octanol–water partition coefficient (Wildman–Crippen LogP) is -0.144. The lowest BCUT2D eigenvalue weighted by molar-refractivity contribution is 0.0320. The van der Waals surface area contributed by atoms with Gasteiger partial charge in [0.25, 0.3) is 0 Å². The lowest BCUT2D eigenvalue weighted by Crippen LogP contribution is -2.37. The summed E-state index contributed by atoms with van der Waals surface area (Å²) >= 11 is 0. The maximum absolute atomic E-state index is 9.53. The maximum Gasteiger partial charge on any atom is 0.0900 e. The molecule has 1 unspecified atom stereocenters. The number of ether oxygens (including phenoxy) is 2. The van der Waals surface area contributed by atoms with Gasteiger partial charge in [-0.2, -0.15) is 5.26 Å². The highest BCUT2D eigenvalue weighted by Crippen LogP contribution is 1.95. The molecule has 0 aliphatic heterocycles. The van der Waals surface area contributed by atoms with Crippen LogP contribution < -0.4 is 0 Å². The molecule has 0 aliphatic carbocycles. The zero-order valence-corrected chi connectivity index (χ0v) is 9.48. The Bertz CT molecular complexity index is 182. The normalized spacial score (nSPS) is 12.7. The molecule has 1 N–H and O–H groups in total. The summed E-state index contributed by atoms with van der Waals surface area (Å²) in [4.78, 5) is 2.00. The van der Waals surface area contributed by atoms with Crippen LogP contribution in [0.4, 0.5) is 0 Å². The van der Waals surface area contributed by atoms with Gasteiger partial charge < -0.3 is 14.6 Å². The highest BCUT2D eigenvalue weighted by Gasteiger charge is 2.10. The molecule has 0 aromatic rings. The summed E-state index contributed by atoms with van der Waals surface area (Å²) in [5, 5.41) is 18.0. The molecule has 0 amide bonds. The summed E-state index contributed by atoms with van der Waals surface area (Å²) in [5.74, 6) is 0. The summed E-state index contributed by atoms with van der Waals surface area (Å²) in [6.07, 6.45) is -0.0470. The molecular weight excluding hydrogens is 196 g/mol. The minimum absolute atomic E-state index is 0.316. The van der Waals surface area contributed by atoms with Crippen LogP contribution in [0.3, 0.4) is 0 Å². The molecule has 0 saturated carbocycles. The monoisotopic (exact) mass is 216 g/mol. The largest absolute Gasteiger partial charge is 0.389 e. The van der Waals surface area contributed by atoms with Crippen LogP contribution in [0.1, 0.15) is 6.42 Å². The van der Waals surface area contributed by atoms with E-state index < -0.39 is 6.10 Å². The number of aliphatic hydroxyl groups excluding tert-OH is 1. The van der Waals surface area contributed by atoms with Gasteiger partial charge in [-0.25, -0.2) is 0 Å². The second-order valence-corrected chi connectivity index (χ2v) is 3.31. The zero-order chi connectivity index (χ0) is 11.5. The third kappa shape index (κ3) is 8.33. The van der Waals surface area contributed by atoms with E-state index in [2.05, 4.69) is 6.07 Å². The van der Waals surface area contributed by atoms with Gasteiger partial charge in [-0.15, -0.1) is 0 Å². The topological polar surface area (TPSA) is 65.7 Å². The standard InChI is InChI=1S/C10H20N2O3/c1-14-7-6-12(5-3-4-11)8-10(13)9-15-2/h10,13H,3,5-9H2,1-2H3. The number of aliphatic hydroxyl groups is 1. The lowest BCUT2D eigenvalue weighted by Gasteiger charge is -2.23. The van der Waals surface area contributed by atoms with E-state index in [4.69, 9.17) is 14.7 Å².